The normalized spacial score (nSPS) is 11.7. The van der Waals surface area contributed by atoms with Crippen LogP contribution in [0.3, 0.4) is 0 Å². The van der Waals surface area contributed by atoms with E-state index in [-0.39, 0.29) is 11.6 Å². The minimum atomic E-state index is -5.09. The van der Waals surface area contributed by atoms with Gasteiger partial charge in [-0.1, -0.05) is 115 Å². The lowest BCUT2D eigenvalue weighted by Crippen LogP contribution is -2.12. The molecule has 10 aromatic rings. The van der Waals surface area contributed by atoms with Crippen LogP contribution in [0, 0.1) is 22.7 Å². The zero-order valence-corrected chi connectivity index (χ0v) is 34.9. The van der Waals surface area contributed by atoms with Crippen molar-refractivity contribution in [2.75, 3.05) is 0 Å². The summed E-state index contributed by atoms with van der Waals surface area (Å²) in [6.45, 7) is 0. The molecule has 0 atom stereocenters. The maximum absolute atomic E-state index is 14.6. The number of hydrogen-bond donors (Lipinski definition) is 0. The van der Waals surface area contributed by atoms with Crippen molar-refractivity contribution in [3.63, 3.8) is 0 Å². The SMILES string of the molecule is N#Cc1cccc(-c2cc(-c3cc(-c4ccccc4)nc(-c4ccccc4)n3)cc(-c3cccc(C#N)c3)c2-n2c3ccccc3c3cc(-c4ccc(C(F)(F)F)cc4C(F)(F)F)ccc32)c1. The molecular weight excluding hydrogens is 857 g/mol. The van der Waals surface area contributed by atoms with Crippen molar-refractivity contribution in [3.05, 3.63) is 210 Å². The number of alkyl halides is 6. The van der Waals surface area contributed by atoms with Gasteiger partial charge in [0, 0.05) is 38.6 Å². The predicted molar refractivity (Wildman–Crippen MR) is 248 cm³/mol. The predicted octanol–water partition coefficient (Wildman–Crippen LogP) is 15.4. The molecule has 8 aromatic carbocycles. The summed E-state index contributed by atoms with van der Waals surface area (Å²) in [4.78, 5) is 10.1. The van der Waals surface area contributed by atoms with Crippen LogP contribution in [0.2, 0.25) is 0 Å². The van der Waals surface area contributed by atoms with Crippen LogP contribution < -0.4 is 0 Å². The largest absolute Gasteiger partial charge is 0.417 e. The number of para-hydroxylation sites is 1. The van der Waals surface area contributed by atoms with Gasteiger partial charge in [0.25, 0.3) is 0 Å². The number of rotatable bonds is 7. The lowest BCUT2D eigenvalue weighted by atomic mass is 9.90. The summed E-state index contributed by atoms with van der Waals surface area (Å²) in [6, 6.07) is 57.8. The number of benzene rings is 8. The molecule has 0 spiro atoms. The topological polar surface area (TPSA) is 78.3 Å². The number of fused-ring (bicyclic) bond motifs is 3. The lowest BCUT2D eigenvalue weighted by molar-refractivity contribution is -0.142. The Hall–Kier alpha value is -8.80. The molecule has 0 unspecified atom stereocenters. The van der Waals surface area contributed by atoms with Gasteiger partial charge in [-0.05, 0) is 95.1 Å². The van der Waals surface area contributed by atoms with E-state index in [1.165, 1.54) is 6.07 Å². The third-order valence-corrected chi connectivity index (χ3v) is 11.7. The fourth-order valence-corrected chi connectivity index (χ4v) is 8.63. The first-order chi connectivity index (χ1) is 32.4. The minimum Gasteiger partial charge on any atom is -0.308 e. The maximum Gasteiger partial charge on any atom is 0.417 e. The van der Waals surface area contributed by atoms with E-state index >= 15 is 0 Å². The van der Waals surface area contributed by atoms with E-state index in [4.69, 9.17) is 9.97 Å². The minimum absolute atomic E-state index is 0.0721. The average molecular weight is 888 g/mol. The summed E-state index contributed by atoms with van der Waals surface area (Å²) in [5.41, 5.74) is 5.76. The van der Waals surface area contributed by atoms with Gasteiger partial charge in [-0.15, -0.1) is 0 Å². The number of hydrogen-bond acceptors (Lipinski definition) is 4. The molecule has 322 valence electrons. The van der Waals surface area contributed by atoms with E-state index in [0.29, 0.717) is 89.7 Å². The van der Waals surface area contributed by atoms with Gasteiger partial charge in [-0.3, -0.25) is 0 Å². The Bertz CT molecular complexity index is 3500. The number of nitrogens with zero attached hydrogens (tertiary/aromatic N) is 5. The molecule has 0 aliphatic heterocycles. The molecule has 2 aromatic heterocycles. The molecule has 0 radical (unpaired) electrons. The van der Waals surface area contributed by atoms with Crippen LogP contribution in [0.1, 0.15) is 22.3 Å². The van der Waals surface area contributed by atoms with Gasteiger partial charge in [0.1, 0.15) is 0 Å². The molecular formula is C56H31F6N5. The van der Waals surface area contributed by atoms with Crippen molar-refractivity contribution in [3.8, 4) is 85.1 Å². The van der Waals surface area contributed by atoms with Gasteiger partial charge in [-0.25, -0.2) is 9.97 Å². The molecule has 0 aliphatic carbocycles. The highest BCUT2D eigenvalue weighted by molar-refractivity contribution is 6.12. The van der Waals surface area contributed by atoms with Gasteiger partial charge < -0.3 is 4.57 Å². The van der Waals surface area contributed by atoms with E-state index < -0.39 is 29.0 Å². The smallest absolute Gasteiger partial charge is 0.308 e. The van der Waals surface area contributed by atoms with E-state index in [9.17, 15) is 36.9 Å². The Morgan fingerprint density at radius 2 is 0.940 bits per heavy atom. The molecule has 0 saturated heterocycles. The lowest BCUT2D eigenvalue weighted by Gasteiger charge is -2.21. The molecule has 10 rings (SSSR count). The first kappa shape index (κ1) is 42.2. The highest BCUT2D eigenvalue weighted by Crippen LogP contribution is 2.47. The van der Waals surface area contributed by atoms with Crippen LogP contribution in [0.4, 0.5) is 26.3 Å². The second kappa shape index (κ2) is 16.6. The van der Waals surface area contributed by atoms with Crippen molar-refractivity contribution in [1.82, 2.24) is 14.5 Å². The fraction of sp³-hybridized carbons (Fsp3) is 0.0357. The zero-order valence-electron chi connectivity index (χ0n) is 34.9. The maximum atomic E-state index is 14.6. The number of nitriles is 2. The van der Waals surface area contributed by atoms with E-state index in [0.717, 1.165) is 17.2 Å². The highest BCUT2D eigenvalue weighted by Gasteiger charge is 2.38. The van der Waals surface area contributed by atoms with Crippen LogP contribution in [0.15, 0.2) is 188 Å². The molecule has 0 fully saturated rings. The Balaban J connectivity index is 1.31. The van der Waals surface area contributed by atoms with E-state index in [2.05, 4.69) is 12.1 Å². The third-order valence-electron chi connectivity index (χ3n) is 11.7. The molecule has 2 heterocycles. The van der Waals surface area contributed by atoms with E-state index in [1.807, 2.05) is 114 Å². The van der Waals surface area contributed by atoms with Crippen LogP contribution in [-0.4, -0.2) is 14.5 Å². The van der Waals surface area contributed by atoms with Crippen molar-refractivity contribution >= 4 is 21.8 Å². The third kappa shape index (κ3) is 7.94. The van der Waals surface area contributed by atoms with E-state index in [1.54, 1.807) is 54.6 Å². The molecule has 0 amide bonds. The molecule has 0 aliphatic rings. The van der Waals surface area contributed by atoms with Crippen molar-refractivity contribution in [1.29, 1.82) is 10.5 Å². The zero-order chi connectivity index (χ0) is 46.5. The molecule has 5 nitrogen and oxygen atoms in total. The quantitative estimate of drug-likeness (QED) is 0.149. The molecule has 0 N–H and O–H groups in total. The molecule has 67 heavy (non-hydrogen) atoms. The monoisotopic (exact) mass is 887 g/mol. The summed E-state index contributed by atoms with van der Waals surface area (Å²) < 4.78 is 86.9. The first-order valence-electron chi connectivity index (χ1n) is 20.9. The summed E-state index contributed by atoms with van der Waals surface area (Å²) in [5, 5.41) is 21.5. The Morgan fingerprint density at radius 3 is 1.54 bits per heavy atom. The van der Waals surface area contributed by atoms with Crippen molar-refractivity contribution in [2.45, 2.75) is 12.4 Å². The first-order valence-corrected chi connectivity index (χ1v) is 20.9. The van der Waals surface area contributed by atoms with Crippen LogP contribution in [-0.2, 0) is 12.4 Å². The second-order valence-corrected chi connectivity index (χ2v) is 15.8. The van der Waals surface area contributed by atoms with Gasteiger partial charge in [-0.2, -0.15) is 36.9 Å². The summed E-state index contributed by atoms with van der Waals surface area (Å²) >= 11 is 0. The van der Waals surface area contributed by atoms with Gasteiger partial charge >= 0.3 is 12.4 Å². The van der Waals surface area contributed by atoms with Crippen molar-refractivity contribution < 1.29 is 26.3 Å². The van der Waals surface area contributed by atoms with Crippen LogP contribution >= 0.6 is 0 Å². The molecule has 11 heteroatoms. The van der Waals surface area contributed by atoms with Gasteiger partial charge in [0.15, 0.2) is 5.82 Å². The summed E-state index contributed by atoms with van der Waals surface area (Å²) in [7, 11) is 0. The summed E-state index contributed by atoms with van der Waals surface area (Å²) in [5.74, 6) is 0.488. The number of halogens is 6. The number of aromatic nitrogens is 3. The molecule has 0 bridgehead atoms. The summed E-state index contributed by atoms with van der Waals surface area (Å²) in [6.07, 6.45) is -10.1. The van der Waals surface area contributed by atoms with Crippen LogP contribution in [0.25, 0.3) is 94.8 Å². The van der Waals surface area contributed by atoms with Gasteiger partial charge in [0.05, 0.1) is 62.5 Å². The Morgan fingerprint density at radius 1 is 0.403 bits per heavy atom. The van der Waals surface area contributed by atoms with Crippen molar-refractivity contribution in [2.24, 2.45) is 0 Å². The highest BCUT2D eigenvalue weighted by atomic mass is 19.4. The van der Waals surface area contributed by atoms with Gasteiger partial charge in [0.2, 0.25) is 0 Å². The average Bonchev–Trinajstić information content (AvgIpc) is 3.69. The standard InChI is InChI=1S/C56H31F6N5/c57-55(58,59)42-22-23-43(48(30-42)56(60,61)62)40-21-24-52-47(27-40)44-19-7-8-20-51(44)67(52)53-45(38-17-9-11-34(25-38)32-63)28-41(29-46(53)39-18-10-12-35(26-39)33-64)50-31-49(36-13-3-1-4-14-36)65-54(66-50)37-15-5-2-6-16-37/h1-31H. The van der Waals surface area contributed by atoms with Crippen LogP contribution in [0.5, 0.6) is 0 Å². The second-order valence-electron chi connectivity index (χ2n) is 15.8. The molecule has 0 saturated carbocycles. The Labute approximate surface area is 379 Å². The Kier molecular flexibility index (Phi) is 10.5. The fourth-order valence-electron chi connectivity index (χ4n) is 8.63.